The van der Waals surface area contributed by atoms with Crippen LogP contribution in [0.2, 0.25) is 0 Å². The second-order valence-electron chi connectivity index (χ2n) is 3.81. The van der Waals surface area contributed by atoms with Gasteiger partial charge in [-0.25, -0.2) is 9.97 Å². The predicted molar refractivity (Wildman–Crippen MR) is 65.3 cm³/mol. The zero-order valence-electron chi connectivity index (χ0n) is 10.4. The first-order chi connectivity index (χ1) is 8.95. The van der Waals surface area contributed by atoms with Crippen molar-refractivity contribution in [2.75, 3.05) is 19.0 Å². The Morgan fingerprint density at radius 3 is 2.58 bits per heavy atom. The number of nitrogens with one attached hydrogen (secondary N) is 1. The quantitative estimate of drug-likeness (QED) is 0.931. The molecule has 1 N–H and O–H groups in total. The highest BCUT2D eigenvalue weighted by molar-refractivity contribution is 5.90. The molecule has 4 nitrogen and oxygen atoms in total. The Morgan fingerprint density at radius 2 is 2.00 bits per heavy atom. The van der Waals surface area contributed by atoms with Crippen molar-refractivity contribution < 1.29 is 17.9 Å². The fourth-order valence-electron chi connectivity index (χ4n) is 1.67. The first kappa shape index (κ1) is 13.4. The highest BCUT2D eigenvalue weighted by Gasteiger charge is 2.35. The normalized spacial score (nSPS) is 11.6. The molecule has 0 bridgehead atoms. The summed E-state index contributed by atoms with van der Waals surface area (Å²) < 4.78 is 43.2. The molecule has 0 amide bonds. The number of methoxy groups -OCH3 is 1. The molecule has 0 saturated carbocycles. The number of nitrogens with zero attached hydrogens (tertiary/aromatic N) is 2. The maximum absolute atomic E-state index is 12.7. The van der Waals surface area contributed by atoms with Crippen LogP contribution in [0.5, 0.6) is 5.75 Å². The first-order valence-electron chi connectivity index (χ1n) is 5.62. The molecule has 0 atom stereocenters. The maximum atomic E-state index is 12.7. The number of rotatable bonds is 3. The lowest BCUT2D eigenvalue weighted by Crippen LogP contribution is -2.13. The number of aromatic nitrogens is 2. The average molecular weight is 271 g/mol. The van der Waals surface area contributed by atoms with Gasteiger partial charge >= 0.3 is 6.18 Å². The third-order valence-corrected chi connectivity index (χ3v) is 2.50. The Kier molecular flexibility index (Phi) is 3.46. The minimum atomic E-state index is -4.58. The van der Waals surface area contributed by atoms with Crippen molar-refractivity contribution in [2.45, 2.75) is 13.1 Å². The van der Waals surface area contributed by atoms with Crippen LogP contribution in [0.3, 0.4) is 0 Å². The fourth-order valence-corrected chi connectivity index (χ4v) is 1.67. The molecule has 0 spiro atoms. The van der Waals surface area contributed by atoms with Crippen molar-refractivity contribution in [3.05, 3.63) is 24.0 Å². The Labute approximate surface area is 107 Å². The molecule has 2 aromatic rings. The summed E-state index contributed by atoms with van der Waals surface area (Å²) >= 11 is 0. The van der Waals surface area contributed by atoms with Gasteiger partial charge in [-0.15, -0.1) is 0 Å². The maximum Gasteiger partial charge on any atom is 0.451 e. The number of alkyl halides is 3. The van der Waals surface area contributed by atoms with Crippen LogP contribution in [0.4, 0.5) is 19.0 Å². The molecule has 1 aromatic heterocycles. The predicted octanol–water partition coefficient (Wildman–Crippen LogP) is 3.09. The highest BCUT2D eigenvalue weighted by Crippen LogP contribution is 2.31. The van der Waals surface area contributed by atoms with E-state index in [0.717, 1.165) is 0 Å². The zero-order valence-corrected chi connectivity index (χ0v) is 10.4. The third kappa shape index (κ3) is 2.69. The highest BCUT2D eigenvalue weighted by atomic mass is 19.4. The zero-order chi connectivity index (χ0) is 14.0. The fraction of sp³-hybridized carbons (Fsp3) is 0.333. The van der Waals surface area contributed by atoms with Gasteiger partial charge < -0.3 is 10.1 Å². The number of anilines is 1. The molecule has 7 heteroatoms. The van der Waals surface area contributed by atoms with Crippen LogP contribution in [-0.2, 0) is 6.18 Å². The lowest BCUT2D eigenvalue weighted by molar-refractivity contribution is -0.144. The molecule has 0 fully saturated rings. The van der Waals surface area contributed by atoms with Crippen LogP contribution in [0.25, 0.3) is 10.9 Å². The minimum absolute atomic E-state index is 0.169. The summed E-state index contributed by atoms with van der Waals surface area (Å²) in [4.78, 5) is 7.07. The lowest BCUT2D eigenvalue weighted by atomic mass is 10.2. The van der Waals surface area contributed by atoms with E-state index in [1.54, 1.807) is 19.1 Å². The SMILES string of the molecule is CCNc1nc(C(F)(F)F)nc2cc(OC)ccc12. The van der Waals surface area contributed by atoms with E-state index in [2.05, 4.69) is 15.3 Å². The number of ether oxygens (including phenoxy) is 1. The van der Waals surface area contributed by atoms with Gasteiger partial charge in [-0.1, -0.05) is 0 Å². The molecule has 0 aliphatic rings. The Balaban J connectivity index is 2.68. The molecular formula is C12H12F3N3O. The van der Waals surface area contributed by atoms with Crippen molar-refractivity contribution in [1.82, 2.24) is 9.97 Å². The van der Waals surface area contributed by atoms with Gasteiger partial charge in [0.05, 0.1) is 12.6 Å². The Morgan fingerprint density at radius 1 is 1.26 bits per heavy atom. The van der Waals surface area contributed by atoms with Crippen molar-refractivity contribution in [2.24, 2.45) is 0 Å². The number of hydrogen-bond donors (Lipinski definition) is 1. The van der Waals surface area contributed by atoms with Gasteiger partial charge in [-0.05, 0) is 19.1 Å². The summed E-state index contributed by atoms with van der Waals surface area (Å²) in [6.07, 6.45) is -4.58. The van der Waals surface area contributed by atoms with Gasteiger partial charge in [-0.3, -0.25) is 0 Å². The summed E-state index contributed by atoms with van der Waals surface area (Å²) in [5.74, 6) is -0.548. The van der Waals surface area contributed by atoms with Crippen LogP contribution < -0.4 is 10.1 Å². The van der Waals surface area contributed by atoms with Gasteiger partial charge in [0.15, 0.2) is 0 Å². The lowest BCUT2D eigenvalue weighted by Gasteiger charge is -2.11. The molecule has 2 rings (SSSR count). The van der Waals surface area contributed by atoms with E-state index < -0.39 is 12.0 Å². The van der Waals surface area contributed by atoms with Crippen LogP contribution >= 0.6 is 0 Å². The molecule has 1 aromatic carbocycles. The second kappa shape index (κ2) is 4.91. The first-order valence-corrected chi connectivity index (χ1v) is 5.62. The van der Waals surface area contributed by atoms with E-state index in [9.17, 15) is 13.2 Å². The summed E-state index contributed by atoms with van der Waals surface area (Å²) in [6, 6.07) is 4.74. The van der Waals surface area contributed by atoms with E-state index in [0.29, 0.717) is 17.7 Å². The number of benzene rings is 1. The van der Waals surface area contributed by atoms with Crippen molar-refractivity contribution in [3.63, 3.8) is 0 Å². The molecule has 102 valence electrons. The second-order valence-corrected chi connectivity index (χ2v) is 3.81. The summed E-state index contributed by atoms with van der Waals surface area (Å²) in [7, 11) is 1.44. The number of fused-ring (bicyclic) bond motifs is 1. The van der Waals surface area contributed by atoms with Gasteiger partial charge in [0.25, 0.3) is 0 Å². The topological polar surface area (TPSA) is 47.0 Å². The van der Waals surface area contributed by atoms with Crippen LogP contribution in [-0.4, -0.2) is 23.6 Å². The molecular weight excluding hydrogens is 259 g/mol. The molecule has 0 saturated heterocycles. The van der Waals surface area contributed by atoms with E-state index in [-0.39, 0.29) is 11.3 Å². The molecule has 0 radical (unpaired) electrons. The van der Waals surface area contributed by atoms with E-state index >= 15 is 0 Å². The summed E-state index contributed by atoms with van der Waals surface area (Å²) in [6.45, 7) is 2.25. The third-order valence-electron chi connectivity index (χ3n) is 2.50. The molecule has 1 heterocycles. The van der Waals surface area contributed by atoms with Gasteiger partial charge in [-0.2, -0.15) is 13.2 Å². The van der Waals surface area contributed by atoms with Crippen molar-refractivity contribution >= 4 is 16.7 Å². The standard InChI is InChI=1S/C12H12F3N3O/c1-3-16-10-8-5-4-7(19-2)6-9(8)17-11(18-10)12(13,14)15/h4-6H,3H2,1-2H3,(H,16,17,18). The molecule has 19 heavy (non-hydrogen) atoms. The van der Waals surface area contributed by atoms with Crippen LogP contribution in [0, 0.1) is 0 Å². The molecule has 0 unspecified atom stereocenters. The van der Waals surface area contributed by atoms with E-state index in [4.69, 9.17) is 4.74 Å². The summed E-state index contributed by atoms with van der Waals surface area (Å²) in [5, 5.41) is 3.33. The average Bonchev–Trinajstić information content (AvgIpc) is 2.37. The minimum Gasteiger partial charge on any atom is -0.497 e. The van der Waals surface area contributed by atoms with Crippen molar-refractivity contribution in [3.8, 4) is 5.75 Å². The molecule has 0 aliphatic carbocycles. The van der Waals surface area contributed by atoms with Crippen LogP contribution in [0.1, 0.15) is 12.7 Å². The van der Waals surface area contributed by atoms with Crippen molar-refractivity contribution in [1.29, 1.82) is 0 Å². The van der Waals surface area contributed by atoms with E-state index in [1.165, 1.54) is 13.2 Å². The number of halogens is 3. The van der Waals surface area contributed by atoms with Gasteiger partial charge in [0.1, 0.15) is 11.6 Å². The monoisotopic (exact) mass is 271 g/mol. The number of hydrogen-bond acceptors (Lipinski definition) is 4. The van der Waals surface area contributed by atoms with Gasteiger partial charge in [0.2, 0.25) is 5.82 Å². The Bertz CT molecular complexity index is 599. The Hall–Kier alpha value is -2.05. The van der Waals surface area contributed by atoms with E-state index in [1.807, 2.05) is 0 Å². The molecule has 0 aliphatic heterocycles. The smallest absolute Gasteiger partial charge is 0.451 e. The largest absolute Gasteiger partial charge is 0.497 e. The summed E-state index contributed by atoms with van der Waals surface area (Å²) in [5.41, 5.74) is 0.192. The van der Waals surface area contributed by atoms with Crippen LogP contribution in [0.15, 0.2) is 18.2 Å². The van der Waals surface area contributed by atoms with Gasteiger partial charge in [0, 0.05) is 18.0 Å².